The van der Waals surface area contributed by atoms with Gasteiger partial charge in [-0.05, 0) is 29.8 Å². The van der Waals surface area contributed by atoms with Crippen molar-refractivity contribution in [3.8, 4) is 11.3 Å². The van der Waals surface area contributed by atoms with E-state index in [1.807, 2.05) is 6.92 Å². The Labute approximate surface area is 93.9 Å². The summed E-state index contributed by atoms with van der Waals surface area (Å²) < 4.78 is 0. The molecule has 1 N–H and O–H groups in total. The molecule has 2 aromatic carbocycles. The van der Waals surface area contributed by atoms with Crippen LogP contribution in [0.3, 0.4) is 0 Å². The summed E-state index contributed by atoms with van der Waals surface area (Å²) >= 11 is 0. The third-order valence-electron chi connectivity index (χ3n) is 2.75. The Morgan fingerprint density at radius 1 is 0.938 bits per heavy atom. The summed E-state index contributed by atoms with van der Waals surface area (Å²) in [7, 11) is 0. The number of rotatable bonds is 1. The summed E-state index contributed by atoms with van der Waals surface area (Å²) in [5, 5.41) is 9.75. The molecule has 0 saturated heterocycles. The molecule has 78 valence electrons. The molecule has 3 rings (SSSR count). The topological polar surface area (TPSA) is 28.7 Å². The molecule has 2 nitrogen and oxygen atoms in total. The van der Waals surface area contributed by atoms with E-state index in [2.05, 4.69) is 58.7 Å². The molecule has 0 amide bonds. The molecule has 0 fully saturated rings. The van der Waals surface area contributed by atoms with Gasteiger partial charge in [-0.15, -0.1) is 0 Å². The van der Waals surface area contributed by atoms with Crippen LogP contribution in [0.2, 0.25) is 0 Å². The van der Waals surface area contributed by atoms with Gasteiger partial charge < -0.3 is 0 Å². The van der Waals surface area contributed by atoms with Crippen molar-refractivity contribution in [3.05, 3.63) is 54.2 Å². The van der Waals surface area contributed by atoms with Crippen molar-refractivity contribution in [1.29, 1.82) is 0 Å². The third-order valence-corrected chi connectivity index (χ3v) is 2.75. The molecule has 0 aliphatic heterocycles. The van der Waals surface area contributed by atoms with Crippen molar-refractivity contribution >= 4 is 10.8 Å². The van der Waals surface area contributed by atoms with E-state index in [1.54, 1.807) is 0 Å². The SMILES string of the molecule is Cc1cc(-c2ccc3ccccc3c2)n[nH]1. The van der Waals surface area contributed by atoms with E-state index in [4.69, 9.17) is 0 Å². The second-order valence-corrected chi connectivity index (χ2v) is 4.00. The van der Waals surface area contributed by atoms with Crippen LogP contribution in [0.1, 0.15) is 5.69 Å². The molecule has 0 atom stereocenters. The average molecular weight is 208 g/mol. The second-order valence-electron chi connectivity index (χ2n) is 4.00. The van der Waals surface area contributed by atoms with Crippen LogP contribution in [0.25, 0.3) is 22.0 Å². The summed E-state index contributed by atoms with van der Waals surface area (Å²) in [4.78, 5) is 0. The minimum absolute atomic E-state index is 1.00. The Kier molecular flexibility index (Phi) is 2.00. The van der Waals surface area contributed by atoms with Gasteiger partial charge in [0.2, 0.25) is 0 Å². The molecule has 3 aromatic rings. The molecule has 1 heterocycles. The first-order valence-corrected chi connectivity index (χ1v) is 5.34. The summed E-state index contributed by atoms with van der Waals surface area (Å²) in [6.45, 7) is 2.01. The maximum Gasteiger partial charge on any atom is 0.0923 e. The van der Waals surface area contributed by atoms with Crippen LogP contribution in [-0.2, 0) is 0 Å². The molecule has 16 heavy (non-hydrogen) atoms. The van der Waals surface area contributed by atoms with Crippen molar-refractivity contribution in [2.45, 2.75) is 6.92 Å². The van der Waals surface area contributed by atoms with E-state index in [1.165, 1.54) is 10.8 Å². The number of hydrogen-bond donors (Lipinski definition) is 1. The lowest BCUT2D eigenvalue weighted by molar-refractivity contribution is 1.05. The quantitative estimate of drug-likeness (QED) is 0.651. The Hall–Kier alpha value is -2.09. The minimum atomic E-state index is 1.00. The van der Waals surface area contributed by atoms with E-state index in [0.717, 1.165) is 17.0 Å². The van der Waals surface area contributed by atoms with Gasteiger partial charge in [-0.25, -0.2) is 0 Å². The number of aryl methyl sites for hydroxylation is 1. The molecule has 0 spiro atoms. The van der Waals surface area contributed by atoms with E-state index in [-0.39, 0.29) is 0 Å². The maximum absolute atomic E-state index is 4.27. The maximum atomic E-state index is 4.27. The normalized spacial score (nSPS) is 10.8. The summed E-state index contributed by atoms with van der Waals surface area (Å²) in [6, 6.07) is 16.8. The fourth-order valence-electron chi connectivity index (χ4n) is 1.91. The number of fused-ring (bicyclic) bond motifs is 1. The number of hydrogen-bond acceptors (Lipinski definition) is 1. The van der Waals surface area contributed by atoms with Gasteiger partial charge in [-0.2, -0.15) is 5.10 Å². The zero-order chi connectivity index (χ0) is 11.0. The van der Waals surface area contributed by atoms with Crippen molar-refractivity contribution in [2.24, 2.45) is 0 Å². The van der Waals surface area contributed by atoms with Crippen LogP contribution < -0.4 is 0 Å². The first-order chi connectivity index (χ1) is 7.83. The molecule has 0 radical (unpaired) electrons. The lowest BCUT2D eigenvalue weighted by Gasteiger charge is -2.00. The largest absolute Gasteiger partial charge is 0.282 e. The lowest BCUT2D eigenvalue weighted by atomic mass is 10.1. The van der Waals surface area contributed by atoms with Crippen LogP contribution in [0.5, 0.6) is 0 Å². The zero-order valence-corrected chi connectivity index (χ0v) is 9.07. The molecule has 0 aliphatic carbocycles. The first-order valence-electron chi connectivity index (χ1n) is 5.34. The van der Waals surface area contributed by atoms with Gasteiger partial charge in [0.05, 0.1) is 5.69 Å². The van der Waals surface area contributed by atoms with Gasteiger partial charge in [0.25, 0.3) is 0 Å². The lowest BCUT2D eigenvalue weighted by Crippen LogP contribution is -1.78. The fourth-order valence-corrected chi connectivity index (χ4v) is 1.91. The second kappa shape index (κ2) is 3.49. The van der Waals surface area contributed by atoms with E-state index < -0.39 is 0 Å². The highest BCUT2D eigenvalue weighted by Crippen LogP contribution is 2.23. The number of nitrogens with zero attached hydrogens (tertiary/aromatic N) is 1. The molecular formula is C14H12N2. The summed E-state index contributed by atoms with van der Waals surface area (Å²) in [5.41, 5.74) is 3.24. The van der Waals surface area contributed by atoms with Gasteiger partial charge in [0.15, 0.2) is 0 Å². The van der Waals surface area contributed by atoms with Crippen LogP contribution in [-0.4, -0.2) is 10.2 Å². The molecule has 1 aromatic heterocycles. The van der Waals surface area contributed by atoms with Gasteiger partial charge in [0.1, 0.15) is 0 Å². The Morgan fingerprint density at radius 3 is 2.50 bits per heavy atom. The summed E-state index contributed by atoms with van der Waals surface area (Å²) in [6.07, 6.45) is 0. The van der Waals surface area contributed by atoms with Gasteiger partial charge in [-0.3, -0.25) is 5.10 Å². The highest BCUT2D eigenvalue weighted by atomic mass is 15.1. The molecule has 2 heteroatoms. The zero-order valence-electron chi connectivity index (χ0n) is 9.07. The van der Waals surface area contributed by atoms with E-state index in [0.29, 0.717) is 0 Å². The number of H-pyrrole nitrogens is 1. The monoisotopic (exact) mass is 208 g/mol. The van der Waals surface area contributed by atoms with Gasteiger partial charge in [0, 0.05) is 11.3 Å². The van der Waals surface area contributed by atoms with Crippen LogP contribution in [0.4, 0.5) is 0 Å². The van der Waals surface area contributed by atoms with Gasteiger partial charge in [-0.1, -0.05) is 36.4 Å². The number of aromatic amines is 1. The molecule has 0 aliphatic rings. The fraction of sp³-hybridized carbons (Fsp3) is 0.0714. The summed E-state index contributed by atoms with van der Waals surface area (Å²) in [5.74, 6) is 0. The minimum Gasteiger partial charge on any atom is -0.282 e. The first kappa shape index (κ1) is 9.16. The van der Waals surface area contributed by atoms with E-state index in [9.17, 15) is 0 Å². The predicted molar refractivity (Wildman–Crippen MR) is 66.3 cm³/mol. The third kappa shape index (κ3) is 1.48. The van der Waals surface area contributed by atoms with Gasteiger partial charge >= 0.3 is 0 Å². The van der Waals surface area contributed by atoms with Crippen LogP contribution >= 0.6 is 0 Å². The van der Waals surface area contributed by atoms with Crippen molar-refractivity contribution in [1.82, 2.24) is 10.2 Å². The Bertz CT molecular complexity index is 638. The smallest absolute Gasteiger partial charge is 0.0923 e. The molecule has 0 unspecified atom stereocenters. The standard InChI is InChI=1S/C14H12N2/c1-10-8-14(16-15-10)13-7-6-11-4-2-3-5-12(11)9-13/h2-9H,1H3,(H,15,16). The predicted octanol–water partition coefficient (Wildman–Crippen LogP) is 3.54. The van der Waals surface area contributed by atoms with E-state index >= 15 is 0 Å². The average Bonchev–Trinajstić information content (AvgIpc) is 2.75. The number of aromatic nitrogens is 2. The Balaban J connectivity index is 2.18. The van der Waals surface area contributed by atoms with Crippen molar-refractivity contribution in [3.63, 3.8) is 0 Å². The Morgan fingerprint density at radius 2 is 1.75 bits per heavy atom. The highest BCUT2D eigenvalue weighted by Gasteiger charge is 2.02. The van der Waals surface area contributed by atoms with Crippen molar-refractivity contribution < 1.29 is 0 Å². The number of nitrogens with one attached hydrogen (secondary N) is 1. The van der Waals surface area contributed by atoms with Crippen LogP contribution in [0.15, 0.2) is 48.5 Å². The molecular weight excluding hydrogens is 196 g/mol. The number of benzene rings is 2. The molecule has 0 saturated carbocycles. The highest BCUT2D eigenvalue weighted by molar-refractivity contribution is 5.86. The van der Waals surface area contributed by atoms with Crippen molar-refractivity contribution in [2.75, 3.05) is 0 Å². The van der Waals surface area contributed by atoms with Crippen LogP contribution in [0, 0.1) is 6.92 Å². The molecule has 0 bridgehead atoms.